The van der Waals surface area contributed by atoms with Gasteiger partial charge in [0.2, 0.25) is 0 Å². The Kier molecular flexibility index (Phi) is 3.86. The van der Waals surface area contributed by atoms with Gasteiger partial charge in [-0.25, -0.2) is 4.98 Å². The maximum absolute atomic E-state index is 9.55. The first kappa shape index (κ1) is 14.9. The summed E-state index contributed by atoms with van der Waals surface area (Å²) in [5, 5.41) is 9.55. The van der Waals surface area contributed by atoms with E-state index in [0.717, 1.165) is 22.3 Å². The molecule has 4 nitrogen and oxygen atoms in total. The lowest BCUT2D eigenvalue weighted by molar-refractivity contribution is 0.925. The van der Waals surface area contributed by atoms with Crippen molar-refractivity contribution in [2.75, 3.05) is 19.0 Å². The fraction of sp³-hybridized carbons (Fsp3) is 0.158. The van der Waals surface area contributed by atoms with Gasteiger partial charge in [-0.2, -0.15) is 5.26 Å². The van der Waals surface area contributed by atoms with E-state index in [-0.39, 0.29) is 0 Å². The molecule has 0 fully saturated rings. The van der Waals surface area contributed by atoms with Gasteiger partial charge in [0.25, 0.3) is 0 Å². The van der Waals surface area contributed by atoms with Gasteiger partial charge in [0.15, 0.2) is 5.82 Å². The molecule has 1 aromatic heterocycles. The summed E-state index contributed by atoms with van der Waals surface area (Å²) in [4.78, 5) is 6.64. The molecule has 0 aliphatic carbocycles. The summed E-state index contributed by atoms with van der Waals surface area (Å²) < 4.78 is 1.96. The Balaban J connectivity index is 2.04. The molecule has 0 aliphatic rings. The summed E-state index contributed by atoms with van der Waals surface area (Å²) in [5.41, 5.74) is 4.59. The quantitative estimate of drug-likeness (QED) is 0.693. The highest BCUT2D eigenvalue weighted by molar-refractivity contribution is 5.90. The molecule has 4 heteroatoms. The maximum Gasteiger partial charge on any atom is 0.151 e. The number of benzene rings is 2. The molecule has 0 saturated heterocycles. The van der Waals surface area contributed by atoms with Gasteiger partial charge in [0.05, 0.1) is 16.6 Å². The third kappa shape index (κ3) is 2.82. The molecule has 0 radical (unpaired) electrons. The van der Waals surface area contributed by atoms with E-state index in [2.05, 4.69) is 11.1 Å². The normalized spacial score (nSPS) is 11.5. The van der Waals surface area contributed by atoms with Crippen LogP contribution in [0.2, 0.25) is 0 Å². The lowest BCUT2D eigenvalue weighted by Gasteiger charge is -2.11. The Bertz CT molecular complexity index is 909. The number of fused-ring (bicyclic) bond motifs is 1. The van der Waals surface area contributed by atoms with Crippen molar-refractivity contribution in [1.82, 2.24) is 9.55 Å². The number of rotatable bonds is 3. The molecule has 23 heavy (non-hydrogen) atoms. The maximum atomic E-state index is 9.55. The Labute approximate surface area is 135 Å². The first-order valence-corrected chi connectivity index (χ1v) is 7.41. The smallest absolute Gasteiger partial charge is 0.151 e. The number of anilines is 1. The van der Waals surface area contributed by atoms with Crippen LogP contribution in [-0.2, 0) is 7.05 Å². The highest BCUT2D eigenvalue weighted by atomic mass is 15.1. The van der Waals surface area contributed by atoms with Crippen molar-refractivity contribution >= 4 is 28.4 Å². The summed E-state index contributed by atoms with van der Waals surface area (Å²) in [6.45, 7) is 0. The number of nitrogens with zero attached hydrogens (tertiary/aromatic N) is 4. The molecule has 2 aromatic carbocycles. The van der Waals surface area contributed by atoms with Gasteiger partial charge in [0.1, 0.15) is 6.07 Å². The number of aryl methyl sites for hydroxylation is 1. The number of allylic oxidation sites excluding steroid dienone is 1. The van der Waals surface area contributed by atoms with E-state index in [1.54, 1.807) is 0 Å². The standard InChI is InChI=1S/C19H18N4/c1-22(2)16-10-8-14(9-11-16)12-15(13-20)19-21-17-6-4-5-7-18(17)23(19)3/h4-12H,1-3H3. The fourth-order valence-corrected chi connectivity index (χ4v) is 2.57. The molecule has 0 atom stereocenters. The van der Waals surface area contributed by atoms with Gasteiger partial charge in [0, 0.05) is 26.8 Å². The monoisotopic (exact) mass is 302 g/mol. The van der Waals surface area contributed by atoms with Crippen molar-refractivity contribution in [3.63, 3.8) is 0 Å². The van der Waals surface area contributed by atoms with Crippen molar-refractivity contribution in [1.29, 1.82) is 5.26 Å². The largest absolute Gasteiger partial charge is 0.378 e. The number of imidazole rings is 1. The van der Waals surface area contributed by atoms with E-state index in [1.165, 1.54) is 0 Å². The van der Waals surface area contributed by atoms with Gasteiger partial charge in [-0.05, 0) is 35.9 Å². The van der Waals surface area contributed by atoms with Gasteiger partial charge in [-0.3, -0.25) is 0 Å². The first-order valence-electron chi connectivity index (χ1n) is 7.41. The van der Waals surface area contributed by atoms with Crippen LogP contribution in [-0.4, -0.2) is 23.6 Å². The summed E-state index contributed by atoms with van der Waals surface area (Å²) in [7, 11) is 5.95. The molecular formula is C19H18N4. The Morgan fingerprint density at radius 3 is 2.43 bits per heavy atom. The lowest BCUT2D eigenvalue weighted by atomic mass is 10.1. The number of para-hydroxylation sites is 2. The van der Waals surface area contributed by atoms with E-state index in [0.29, 0.717) is 11.4 Å². The molecule has 0 amide bonds. The SMILES string of the molecule is CN(C)c1ccc(C=C(C#N)c2nc3ccccc3n2C)cc1. The van der Waals surface area contributed by atoms with Gasteiger partial charge in [-0.15, -0.1) is 0 Å². The minimum atomic E-state index is 0.557. The fourth-order valence-electron chi connectivity index (χ4n) is 2.57. The van der Waals surface area contributed by atoms with E-state index < -0.39 is 0 Å². The van der Waals surface area contributed by atoms with E-state index in [9.17, 15) is 5.26 Å². The molecule has 0 N–H and O–H groups in total. The van der Waals surface area contributed by atoms with Crippen LogP contribution < -0.4 is 4.90 Å². The van der Waals surface area contributed by atoms with Gasteiger partial charge in [-0.1, -0.05) is 24.3 Å². The molecule has 0 saturated carbocycles. The van der Waals surface area contributed by atoms with E-state index >= 15 is 0 Å². The van der Waals surface area contributed by atoms with Gasteiger partial charge >= 0.3 is 0 Å². The number of hydrogen-bond donors (Lipinski definition) is 0. The van der Waals surface area contributed by atoms with Crippen LogP contribution in [0, 0.1) is 11.3 Å². The van der Waals surface area contributed by atoms with Crippen LogP contribution >= 0.6 is 0 Å². The first-order chi connectivity index (χ1) is 11.1. The van der Waals surface area contributed by atoms with Crippen LogP contribution in [0.15, 0.2) is 48.5 Å². The molecule has 114 valence electrons. The molecule has 0 spiro atoms. The van der Waals surface area contributed by atoms with Crippen LogP contribution in [0.5, 0.6) is 0 Å². The molecule has 0 bridgehead atoms. The highest BCUT2D eigenvalue weighted by Gasteiger charge is 2.11. The average Bonchev–Trinajstić information content (AvgIpc) is 2.90. The number of nitriles is 1. The summed E-state index contributed by atoms with van der Waals surface area (Å²) >= 11 is 0. The zero-order chi connectivity index (χ0) is 16.4. The van der Waals surface area contributed by atoms with Gasteiger partial charge < -0.3 is 9.47 Å². The zero-order valence-electron chi connectivity index (χ0n) is 13.5. The molecule has 1 heterocycles. The lowest BCUT2D eigenvalue weighted by Crippen LogP contribution is -2.07. The Hall–Kier alpha value is -3.06. The third-order valence-electron chi connectivity index (χ3n) is 3.87. The Morgan fingerprint density at radius 1 is 1.13 bits per heavy atom. The van der Waals surface area contributed by atoms with Crippen LogP contribution in [0.1, 0.15) is 11.4 Å². The third-order valence-corrected chi connectivity index (χ3v) is 3.87. The van der Waals surface area contributed by atoms with Crippen molar-refractivity contribution in [3.05, 3.63) is 59.9 Å². The van der Waals surface area contributed by atoms with E-state index in [4.69, 9.17) is 0 Å². The molecular weight excluding hydrogens is 284 g/mol. The molecule has 3 aromatic rings. The molecule has 3 rings (SSSR count). The average molecular weight is 302 g/mol. The summed E-state index contributed by atoms with van der Waals surface area (Å²) in [6, 6.07) is 18.3. The predicted octanol–water partition coefficient (Wildman–Crippen LogP) is 3.70. The molecule has 0 aliphatic heterocycles. The highest BCUT2D eigenvalue weighted by Crippen LogP contribution is 2.22. The number of hydrogen-bond acceptors (Lipinski definition) is 3. The molecule has 0 unspecified atom stereocenters. The van der Waals surface area contributed by atoms with Crippen LogP contribution in [0.3, 0.4) is 0 Å². The second kappa shape index (κ2) is 5.98. The summed E-state index contributed by atoms with van der Waals surface area (Å²) in [6.07, 6.45) is 1.88. The van der Waals surface area contributed by atoms with Crippen molar-refractivity contribution < 1.29 is 0 Å². The minimum Gasteiger partial charge on any atom is -0.378 e. The van der Waals surface area contributed by atoms with E-state index in [1.807, 2.05) is 85.2 Å². The Morgan fingerprint density at radius 2 is 1.83 bits per heavy atom. The number of aromatic nitrogens is 2. The minimum absolute atomic E-state index is 0.557. The topological polar surface area (TPSA) is 44.9 Å². The van der Waals surface area contributed by atoms with Crippen molar-refractivity contribution in [2.45, 2.75) is 0 Å². The van der Waals surface area contributed by atoms with Crippen LogP contribution in [0.4, 0.5) is 5.69 Å². The van der Waals surface area contributed by atoms with Crippen LogP contribution in [0.25, 0.3) is 22.7 Å². The van der Waals surface area contributed by atoms with Crippen molar-refractivity contribution in [2.24, 2.45) is 7.05 Å². The van der Waals surface area contributed by atoms with Crippen molar-refractivity contribution in [3.8, 4) is 6.07 Å². The predicted molar refractivity (Wildman–Crippen MR) is 95.0 cm³/mol. The summed E-state index contributed by atoms with van der Waals surface area (Å²) in [5.74, 6) is 0.686. The second-order valence-electron chi connectivity index (χ2n) is 5.64. The second-order valence-corrected chi connectivity index (χ2v) is 5.64. The zero-order valence-corrected chi connectivity index (χ0v) is 13.5.